The second-order valence-corrected chi connectivity index (χ2v) is 5.79. The van der Waals surface area contributed by atoms with Crippen molar-refractivity contribution in [2.24, 2.45) is 5.84 Å². The van der Waals surface area contributed by atoms with Crippen molar-refractivity contribution in [3.05, 3.63) is 18.2 Å². The number of rotatable bonds is 6. The molecule has 0 fully saturated rings. The molecule has 1 aromatic rings. The van der Waals surface area contributed by atoms with Crippen molar-refractivity contribution in [2.75, 3.05) is 30.5 Å². The molecule has 0 radical (unpaired) electrons. The third kappa shape index (κ3) is 4.93. The number of nitrogens with two attached hydrogens (primary N) is 1. The fourth-order valence-corrected chi connectivity index (χ4v) is 2.52. The molecule has 23 heavy (non-hydrogen) atoms. The molecule has 126 valence electrons. The van der Waals surface area contributed by atoms with Crippen molar-refractivity contribution >= 4 is 29.4 Å². The Hall–Kier alpha value is -2.13. The monoisotopic (exact) mass is 340 g/mol. The standard InChI is InChI=1S/C14H20N4O4S/c1-23-7-4-10(13(19)18-15)17-14(20)16-9-2-3-11-12(8-9)22-6-5-21-11/h2-3,8,10H,4-7,15H2,1H3,(H,18,19)(H2,16,17,20). The summed E-state index contributed by atoms with van der Waals surface area (Å²) in [6, 6.07) is 3.92. The van der Waals surface area contributed by atoms with Crippen LogP contribution in [0.25, 0.3) is 0 Å². The highest BCUT2D eigenvalue weighted by Gasteiger charge is 2.20. The SMILES string of the molecule is CSCCC(NC(=O)Nc1ccc2c(c1)OCCO2)C(=O)NN. The number of hydrogen-bond acceptors (Lipinski definition) is 6. The molecule has 2 rings (SSSR count). The number of ether oxygens (including phenoxy) is 2. The molecule has 9 heteroatoms. The summed E-state index contributed by atoms with van der Waals surface area (Å²) in [5.41, 5.74) is 2.60. The van der Waals surface area contributed by atoms with Crippen LogP contribution in [0.1, 0.15) is 6.42 Å². The summed E-state index contributed by atoms with van der Waals surface area (Å²) in [7, 11) is 0. The molecule has 0 bridgehead atoms. The molecule has 8 nitrogen and oxygen atoms in total. The van der Waals surface area contributed by atoms with Gasteiger partial charge < -0.3 is 20.1 Å². The molecule has 0 saturated carbocycles. The molecule has 0 saturated heterocycles. The van der Waals surface area contributed by atoms with Crippen molar-refractivity contribution in [3.8, 4) is 11.5 Å². The summed E-state index contributed by atoms with van der Waals surface area (Å²) >= 11 is 1.58. The summed E-state index contributed by atoms with van der Waals surface area (Å²) in [4.78, 5) is 23.7. The molecule has 0 aliphatic carbocycles. The average molecular weight is 340 g/mol. The number of amides is 3. The van der Waals surface area contributed by atoms with Crippen LogP contribution in [-0.2, 0) is 4.79 Å². The predicted octanol–water partition coefficient (Wildman–Crippen LogP) is 0.691. The van der Waals surface area contributed by atoms with Crippen LogP contribution in [0, 0.1) is 0 Å². The lowest BCUT2D eigenvalue weighted by Crippen LogP contribution is -2.50. The summed E-state index contributed by atoms with van der Waals surface area (Å²) in [6.45, 7) is 0.974. The largest absolute Gasteiger partial charge is 0.486 e. The van der Waals surface area contributed by atoms with E-state index < -0.39 is 18.0 Å². The van der Waals surface area contributed by atoms with E-state index in [2.05, 4.69) is 16.1 Å². The van der Waals surface area contributed by atoms with Crippen molar-refractivity contribution in [1.82, 2.24) is 10.7 Å². The van der Waals surface area contributed by atoms with Gasteiger partial charge in [0, 0.05) is 11.8 Å². The number of fused-ring (bicyclic) bond motifs is 1. The van der Waals surface area contributed by atoms with Crippen LogP contribution in [0.3, 0.4) is 0 Å². The average Bonchev–Trinajstić information content (AvgIpc) is 2.57. The smallest absolute Gasteiger partial charge is 0.319 e. The zero-order chi connectivity index (χ0) is 16.7. The van der Waals surface area contributed by atoms with E-state index in [-0.39, 0.29) is 0 Å². The van der Waals surface area contributed by atoms with E-state index in [0.29, 0.717) is 36.8 Å². The van der Waals surface area contributed by atoms with E-state index in [1.807, 2.05) is 6.26 Å². The number of anilines is 1. The Morgan fingerprint density at radius 2 is 2.04 bits per heavy atom. The highest BCUT2D eigenvalue weighted by atomic mass is 32.2. The minimum absolute atomic E-state index is 0.434. The van der Waals surface area contributed by atoms with E-state index >= 15 is 0 Å². The van der Waals surface area contributed by atoms with Gasteiger partial charge in [-0.2, -0.15) is 11.8 Å². The normalized spacial score (nSPS) is 13.8. The van der Waals surface area contributed by atoms with Crippen molar-refractivity contribution < 1.29 is 19.1 Å². The minimum Gasteiger partial charge on any atom is -0.486 e. The summed E-state index contributed by atoms with van der Waals surface area (Å²) < 4.78 is 10.9. The van der Waals surface area contributed by atoms with Gasteiger partial charge in [-0.05, 0) is 30.6 Å². The lowest BCUT2D eigenvalue weighted by Gasteiger charge is -2.20. The Labute approximate surface area is 138 Å². The second kappa shape index (κ2) is 8.49. The van der Waals surface area contributed by atoms with E-state index in [1.54, 1.807) is 30.0 Å². The van der Waals surface area contributed by atoms with Crippen LogP contribution in [0.2, 0.25) is 0 Å². The first-order valence-corrected chi connectivity index (χ1v) is 8.50. The molecule has 3 amide bonds. The molecule has 0 aromatic heterocycles. The first-order valence-electron chi connectivity index (χ1n) is 7.10. The number of benzene rings is 1. The van der Waals surface area contributed by atoms with Crippen LogP contribution >= 0.6 is 11.8 Å². The molecule has 5 N–H and O–H groups in total. The fraction of sp³-hybridized carbons (Fsp3) is 0.429. The van der Waals surface area contributed by atoms with E-state index in [4.69, 9.17) is 15.3 Å². The van der Waals surface area contributed by atoms with Crippen LogP contribution < -0.4 is 31.4 Å². The van der Waals surface area contributed by atoms with E-state index in [1.165, 1.54) is 0 Å². The third-order valence-corrected chi connectivity index (χ3v) is 3.82. The Morgan fingerprint density at radius 3 is 2.74 bits per heavy atom. The van der Waals surface area contributed by atoms with Gasteiger partial charge in [0.05, 0.1) is 0 Å². The molecule has 1 aromatic carbocycles. The first kappa shape index (κ1) is 17.2. The van der Waals surface area contributed by atoms with Gasteiger partial charge in [0.15, 0.2) is 11.5 Å². The maximum atomic E-state index is 12.1. The van der Waals surface area contributed by atoms with E-state index in [9.17, 15) is 9.59 Å². The molecule has 1 unspecified atom stereocenters. The highest BCUT2D eigenvalue weighted by Crippen LogP contribution is 2.32. The quantitative estimate of drug-likeness (QED) is 0.344. The molecular weight excluding hydrogens is 320 g/mol. The first-order chi connectivity index (χ1) is 11.1. The van der Waals surface area contributed by atoms with Crippen LogP contribution in [0.15, 0.2) is 18.2 Å². The van der Waals surface area contributed by atoms with Crippen LogP contribution in [0.4, 0.5) is 10.5 Å². The summed E-state index contributed by atoms with van der Waals surface area (Å²) in [5.74, 6) is 6.65. The number of carbonyl (C=O) groups is 2. The number of urea groups is 1. The summed E-state index contributed by atoms with van der Waals surface area (Å²) in [6.07, 6.45) is 2.41. The second-order valence-electron chi connectivity index (χ2n) is 4.80. The van der Waals surface area contributed by atoms with Gasteiger partial charge in [0.1, 0.15) is 19.3 Å². The van der Waals surface area contributed by atoms with Gasteiger partial charge in [-0.25, -0.2) is 10.6 Å². The molecule has 0 spiro atoms. The van der Waals surface area contributed by atoms with Gasteiger partial charge in [-0.15, -0.1) is 0 Å². The number of hydrazine groups is 1. The van der Waals surface area contributed by atoms with Crippen molar-refractivity contribution in [3.63, 3.8) is 0 Å². The molecule has 1 aliphatic heterocycles. The maximum Gasteiger partial charge on any atom is 0.319 e. The number of hydrogen-bond donors (Lipinski definition) is 4. The van der Waals surface area contributed by atoms with Crippen LogP contribution in [0.5, 0.6) is 11.5 Å². The zero-order valence-electron chi connectivity index (χ0n) is 12.8. The van der Waals surface area contributed by atoms with Gasteiger partial charge in [0.2, 0.25) is 0 Å². The Kier molecular flexibility index (Phi) is 6.36. The van der Waals surface area contributed by atoms with Crippen LogP contribution in [-0.4, -0.2) is 43.2 Å². The predicted molar refractivity (Wildman–Crippen MR) is 88.7 cm³/mol. The van der Waals surface area contributed by atoms with Crippen molar-refractivity contribution in [2.45, 2.75) is 12.5 Å². The van der Waals surface area contributed by atoms with Gasteiger partial charge >= 0.3 is 6.03 Å². The minimum atomic E-state index is -0.690. The fourth-order valence-electron chi connectivity index (χ4n) is 2.05. The van der Waals surface area contributed by atoms with Gasteiger partial charge in [-0.3, -0.25) is 10.2 Å². The number of carbonyl (C=O) groups excluding carboxylic acids is 2. The molecule has 1 heterocycles. The van der Waals surface area contributed by atoms with Gasteiger partial charge in [0.25, 0.3) is 5.91 Å². The lowest BCUT2D eigenvalue weighted by atomic mass is 10.2. The van der Waals surface area contributed by atoms with Gasteiger partial charge in [-0.1, -0.05) is 0 Å². The van der Waals surface area contributed by atoms with E-state index in [0.717, 1.165) is 5.75 Å². The lowest BCUT2D eigenvalue weighted by molar-refractivity contribution is -0.123. The Balaban J connectivity index is 1.95. The molecule has 1 aliphatic rings. The maximum absolute atomic E-state index is 12.1. The third-order valence-electron chi connectivity index (χ3n) is 3.17. The molecular formula is C14H20N4O4S. The topological polar surface area (TPSA) is 115 Å². The Bertz CT molecular complexity index is 570. The number of nitrogens with one attached hydrogen (secondary N) is 3. The number of thioether (sulfide) groups is 1. The highest BCUT2D eigenvalue weighted by molar-refractivity contribution is 7.98. The zero-order valence-corrected chi connectivity index (χ0v) is 13.6. The summed E-state index contributed by atoms with van der Waals surface area (Å²) in [5, 5.41) is 5.27. The molecule has 1 atom stereocenters. The Morgan fingerprint density at radius 1 is 1.30 bits per heavy atom. The van der Waals surface area contributed by atoms with Crippen molar-refractivity contribution in [1.29, 1.82) is 0 Å².